The van der Waals surface area contributed by atoms with Crippen LogP contribution in [0.3, 0.4) is 0 Å². The lowest BCUT2D eigenvalue weighted by molar-refractivity contribution is -0.141. The Labute approximate surface area is 148 Å². The van der Waals surface area contributed by atoms with Gasteiger partial charge in [-0.05, 0) is 42.0 Å². The number of fused-ring (bicyclic) bond motifs is 1. The zero-order valence-electron chi connectivity index (χ0n) is 15.6. The number of amides is 1. The number of aliphatic carboxylic acids is 1. The van der Waals surface area contributed by atoms with E-state index in [4.69, 9.17) is 14.6 Å². The Morgan fingerprint density at radius 2 is 1.80 bits per heavy atom. The number of benzene rings is 1. The van der Waals surface area contributed by atoms with Crippen molar-refractivity contribution < 1.29 is 24.2 Å². The largest absolute Gasteiger partial charge is 0.493 e. The van der Waals surface area contributed by atoms with Crippen LogP contribution in [-0.2, 0) is 16.0 Å². The smallest absolute Gasteiger partial charge is 0.303 e. The Hall–Kier alpha value is -2.24. The first kappa shape index (κ1) is 19.1. The van der Waals surface area contributed by atoms with Gasteiger partial charge in [0.1, 0.15) is 0 Å². The van der Waals surface area contributed by atoms with E-state index in [1.54, 1.807) is 14.2 Å². The minimum absolute atomic E-state index is 0.0146. The normalized spacial score (nSPS) is 17.0. The molecule has 1 heterocycles. The lowest BCUT2D eigenvalue weighted by Gasteiger charge is -2.37. The van der Waals surface area contributed by atoms with E-state index in [9.17, 15) is 9.59 Å². The average Bonchev–Trinajstić information content (AvgIpc) is 2.52. The van der Waals surface area contributed by atoms with Gasteiger partial charge in [-0.3, -0.25) is 9.59 Å². The van der Waals surface area contributed by atoms with Crippen molar-refractivity contribution in [1.29, 1.82) is 0 Å². The molecule has 6 nitrogen and oxygen atoms in total. The predicted octanol–water partition coefficient (Wildman–Crippen LogP) is 3.04. The molecular formula is C19H27NO5. The fourth-order valence-corrected chi connectivity index (χ4v) is 3.47. The number of hydrogen-bond acceptors (Lipinski definition) is 4. The molecule has 0 saturated heterocycles. The van der Waals surface area contributed by atoms with Gasteiger partial charge in [0.05, 0.1) is 26.7 Å². The summed E-state index contributed by atoms with van der Waals surface area (Å²) < 4.78 is 10.7. The summed E-state index contributed by atoms with van der Waals surface area (Å²) in [6, 6.07) is 3.82. The van der Waals surface area contributed by atoms with Crippen molar-refractivity contribution in [1.82, 2.24) is 4.90 Å². The first-order valence-electron chi connectivity index (χ1n) is 8.44. The molecule has 0 bridgehead atoms. The third kappa shape index (κ3) is 4.24. The van der Waals surface area contributed by atoms with E-state index in [0.717, 1.165) is 17.5 Å². The summed E-state index contributed by atoms with van der Waals surface area (Å²) in [5.41, 5.74) is 1.63. The Kier molecular flexibility index (Phi) is 5.60. The van der Waals surface area contributed by atoms with Crippen LogP contribution in [0.5, 0.6) is 11.5 Å². The van der Waals surface area contributed by atoms with E-state index < -0.39 is 11.4 Å². The van der Waals surface area contributed by atoms with Crippen molar-refractivity contribution in [2.75, 3.05) is 20.8 Å². The van der Waals surface area contributed by atoms with E-state index in [0.29, 0.717) is 18.0 Å². The molecule has 0 aromatic heterocycles. The number of carbonyl (C=O) groups is 2. The first-order chi connectivity index (χ1) is 11.7. The van der Waals surface area contributed by atoms with E-state index in [1.807, 2.05) is 37.8 Å². The zero-order chi connectivity index (χ0) is 18.8. The number of carboxylic acids is 1. The molecule has 0 aliphatic carbocycles. The van der Waals surface area contributed by atoms with Gasteiger partial charge >= 0.3 is 5.97 Å². The first-order valence-corrected chi connectivity index (χ1v) is 8.44. The molecule has 1 unspecified atom stereocenters. The van der Waals surface area contributed by atoms with Crippen molar-refractivity contribution in [3.8, 4) is 11.5 Å². The molecule has 1 N–H and O–H groups in total. The minimum Gasteiger partial charge on any atom is -0.493 e. The Morgan fingerprint density at radius 1 is 1.20 bits per heavy atom. The molecule has 0 saturated carbocycles. The van der Waals surface area contributed by atoms with Gasteiger partial charge in [-0.15, -0.1) is 0 Å². The van der Waals surface area contributed by atoms with E-state index in [1.165, 1.54) is 0 Å². The Morgan fingerprint density at radius 3 is 2.36 bits per heavy atom. The highest BCUT2D eigenvalue weighted by atomic mass is 16.5. The minimum atomic E-state index is -0.883. The maximum Gasteiger partial charge on any atom is 0.303 e. The molecule has 6 heteroatoms. The molecule has 0 spiro atoms. The second-order valence-electron chi connectivity index (χ2n) is 7.33. The number of nitrogens with zero attached hydrogens (tertiary/aromatic N) is 1. The SMILES string of the molecule is COc1cc2c(cc1OC)C(C)N(C(=O)CC(C)(C)CC(=O)O)CC2. The topological polar surface area (TPSA) is 76.1 Å². The van der Waals surface area contributed by atoms with Crippen molar-refractivity contribution in [3.63, 3.8) is 0 Å². The molecule has 1 amide bonds. The van der Waals surface area contributed by atoms with Gasteiger partial charge in [0.2, 0.25) is 5.91 Å². The summed E-state index contributed by atoms with van der Waals surface area (Å²) in [6.45, 7) is 6.24. The summed E-state index contributed by atoms with van der Waals surface area (Å²) in [5.74, 6) is 0.440. The van der Waals surface area contributed by atoms with Gasteiger partial charge in [0.15, 0.2) is 11.5 Å². The second-order valence-corrected chi connectivity index (χ2v) is 7.33. The molecule has 1 aliphatic rings. The highest BCUT2D eigenvalue weighted by Crippen LogP contribution is 2.39. The second kappa shape index (κ2) is 7.33. The lowest BCUT2D eigenvalue weighted by Crippen LogP contribution is -2.40. The molecule has 1 aromatic rings. The highest BCUT2D eigenvalue weighted by molar-refractivity contribution is 5.79. The molecule has 25 heavy (non-hydrogen) atoms. The fraction of sp³-hybridized carbons (Fsp3) is 0.579. The molecular weight excluding hydrogens is 322 g/mol. The number of methoxy groups -OCH3 is 2. The number of carbonyl (C=O) groups excluding carboxylic acids is 1. The van der Waals surface area contributed by atoms with Crippen LogP contribution in [-0.4, -0.2) is 42.6 Å². The molecule has 1 aromatic carbocycles. The lowest BCUT2D eigenvalue weighted by atomic mass is 9.84. The molecule has 1 aliphatic heterocycles. The molecule has 1 atom stereocenters. The van der Waals surface area contributed by atoms with Gasteiger partial charge < -0.3 is 19.5 Å². The molecule has 0 radical (unpaired) electrons. The maximum absolute atomic E-state index is 12.8. The van der Waals surface area contributed by atoms with Crippen molar-refractivity contribution in [3.05, 3.63) is 23.3 Å². The number of hydrogen-bond donors (Lipinski definition) is 1. The third-order valence-corrected chi connectivity index (χ3v) is 4.76. The summed E-state index contributed by atoms with van der Waals surface area (Å²) in [6.07, 6.45) is 0.931. The van der Waals surface area contributed by atoms with Crippen LogP contribution in [0.15, 0.2) is 12.1 Å². The Bertz CT molecular complexity index is 668. The average molecular weight is 349 g/mol. The Balaban J connectivity index is 2.22. The summed E-state index contributed by atoms with van der Waals surface area (Å²) in [4.78, 5) is 25.6. The highest BCUT2D eigenvalue weighted by Gasteiger charge is 2.33. The molecule has 138 valence electrons. The monoisotopic (exact) mass is 349 g/mol. The van der Waals surface area contributed by atoms with Crippen LogP contribution in [0.2, 0.25) is 0 Å². The van der Waals surface area contributed by atoms with Crippen molar-refractivity contribution in [2.45, 2.75) is 46.1 Å². The molecule has 0 fully saturated rings. The van der Waals surface area contributed by atoms with Crippen molar-refractivity contribution in [2.24, 2.45) is 5.41 Å². The maximum atomic E-state index is 12.8. The number of carboxylic acid groups (broad SMARTS) is 1. The predicted molar refractivity (Wildman–Crippen MR) is 94.0 cm³/mol. The van der Waals surface area contributed by atoms with Crippen LogP contribution < -0.4 is 9.47 Å². The van der Waals surface area contributed by atoms with Gasteiger partial charge in [-0.25, -0.2) is 0 Å². The fourth-order valence-electron chi connectivity index (χ4n) is 3.47. The van der Waals surface area contributed by atoms with Crippen LogP contribution in [0.1, 0.15) is 50.8 Å². The summed E-state index contributed by atoms with van der Waals surface area (Å²) in [7, 11) is 3.20. The molecule has 2 rings (SSSR count). The van der Waals surface area contributed by atoms with E-state index >= 15 is 0 Å². The van der Waals surface area contributed by atoms with Crippen molar-refractivity contribution >= 4 is 11.9 Å². The van der Waals surface area contributed by atoms with Crippen LogP contribution >= 0.6 is 0 Å². The van der Waals surface area contributed by atoms with E-state index in [2.05, 4.69) is 0 Å². The number of rotatable bonds is 6. The quantitative estimate of drug-likeness (QED) is 0.854. The van der Waals surface area contributed by atoms with E-state index in [-0.39, 0.29) is 24.8 Å². The summed E-state index contributed by atoms with van der Waals surface area (Å²) >= 11 is 0. The zero-order valence-corrected chi connectivity index (χ0v) is 15.6. The van der Waals surface area contributed by atoms with Crippen LogP contribution in [0.4, 0.5) is 0 Å². The van der Waals surface area contributed by atoms with Gasteiger partial charge in [0, 0.05) is 13.0 Å². The summed E-state index contributed by atoms with van der Waals surface area (Å²) in [5, 5.41) is 9.01. The van der Waals surface area contributed by atoms with Crippen LogP contribution in [0.25, 0.3) is 0 Å². The standard InChI is InChI=1S/C19H27NO5/c1-12-14-9-16(25-5)15(24-4)8-13(14)6-7-20(12)17(21)10-19(2,3)11-18(22)23/h8-9,12H,6-7,10-11H2,1-5H3,(H,22,23). The number of ether oxygens (including phenoxy) is 2. The van der Waals surface area contributed by atoms with Gasteiger partial charge in [-0.2, -0.15) is 0 Å². The van der Waals surface area contributed by atoms with Crippen LogP contribution in [0, 0.1) is 5.41 Å². The third-order valence-electron chi connectivity index (χ3n) is 4.76. The van der Waals surface area contributed by atoms with Gasteiger partial charge in [0.25, 0.3) is 0 Å². The van der Waals surface area contributed by atoms with Gasteiger partial charge in [-0.1, -0.05) is 13.8 Å².